The van der Waals surface area contributed by atoms with Crippen LogP contribution in [-0.4, -0.2) is 61.0 Å². The van der Waals surface area contributed by atoms with E-state index in [0.29, 0.717) is 24.9 Å². The molecule has 0 aromatic heterocycles. The van der Waals surface area contributed by atoms with Crippen LogP contribution in [0.5, 0.6) is 0 Å². The molecule has 4 rings (SSSR count). The number of anilines is 1. The van der Waals surface area contributed by atoms with Crippen LogP contribution in [0.4, 0.5) is 14.9 Å². The number of carbonyl (C=O) groups excluding carboxylic acids is 2. The van der Waals surface area contributed by atoms with Crippen molar-refractivity contribution in [1.82, 2.24) is 15.1 Å². The van der Waals surface area contributed by atoms with Crippen molar-refractivity contribution in [2.75, 3.05) is 44.6 Å². The lowest BCUT2D eigenvalue weighted by Gasteiger charge is -2.34. The number of fused-ring (bicyclic) bond motifs is 1. The number of hydrogen-bond acceptors (Lipinski definition) is 3. The van der Waals surface area contributed by atoms with Gasteiger partial charge >= 0.3 is 6.03 Å². The number of carbonyl (C=O) groups is 2. The van der Waals surface area contributed by atoms with Crippen molar-refractivity contribution in [1.29, 1.82) is 0 Å². The molecule has 3 fully saturated rings. The van der Waals surface area contributed by atoms with E-state index in [1.165, 1.54) is 12.1 Å². The zero-order valence-electron chi connectivity index (χ0n) is 14.8. The lowest BCUT2D eigenvalue weighted by atomic mass is 9.97. The lowest BCUT2D eigenvalue weighted by Crippen LogP contribution is -2.48. The average molecular weight is 360 g/mol. The summed E-state index contributed by atoms with van der Waals surface area (Å²) in [5.41, 5.74) is 0.172. The molecule has 6 nitrogen and oxygen atoms in total. The Labute approximate surface area is 152 Å². The van der Waals surface area contributed by atoms with Crippen molar-refractivity contribution < 1.29 is 14.0 Å². The number of piperidine rings is 1. The number of amides is 3. The van der Waals surface area contributed by atoms with Gasteiger partial charge < -0.3 is 20.4 Å². The van der Waals surface area contributed by atoms with Crippen molar-refractivity contribution in [2.45, 2.75) is 12.8 Å². The summed E-state index contributed by atoms with van der Waals surface area (Å²) >= 11 is 0. The second kappa shape index (κ2) is 7.23. The second-order valence-electron chi connectivity index (χ2n) is 7.62. The third-order valence-corrected chi connectivity index (χ3v) is 5.87. The Morgan fingerprint density at radius 2 is 1.81 bits per heavy atom. The van der Waals surface area contributed by atoms with Crippen LogP contribution in [-0.2, 0) is 4.79 Å². The SMILES string of the molecule is O=C(Nc1ccccc1F)N1CCCC(C(=O)N2C[C@H]3CNC[C@H]3C2)C1. The number of rotatable bonds is 2. The molecule has 0 aliphatic carbocycles. The third kappa shape index (κ3) is 3.40. The van der Waals surface area contributed by atoms with Gasteiger partial charge in [0.05, 0.1) is 11.6 Å². The van der Waals surface area contributed by atoms with Gasteiger partial charge in [0.15, 0.2) is 0 Å². The molecule has 0 bridgehead atoms. The molecule has 1 aromatic rings. The van der Waals surface area contributed by atoms with Crippen molar-refractivity contribution in [3.63, 3.8) is 0 Å². The molecular weight excluding hydrogens is 335 g/mol. The van der Waals surface area contributed by atoms with Gasteiger partial charge in [0, 0.05) is 39.3 Å². The first-order valence-corrected chi connectivity index (χ1v) is 9.42. The van der Waals surface area contributed by atoms with Crippen molar-refractivity contribution in [3.05, 3.63) is 30.1 Å². The van der Waals surface area contributed by atoms with Crippen LogP contribution in [0.2, 0.25) is 0 Å². The van der Waals surface area contributed by atoms with E-state index in [1.54, 1.807) is 17.0 Å². The van der Waals surface area contributed by atoms with Crippen LogP contribution < -0.4 is 10.6 Å². The lowest BCUT2D eigenvalue weighted by molar-refractivity contribution is -0.136. The van der Waals surface area contributed by atoms with Gasteiger partial charge in [-0.2, -0.15) is 0 Å². The fourth-order valence-electron chi connectivity index (χ4n) is 4.41. The highest BCUT2D eigenvalue weighted by atomic mass is 19.1. The van der Waals surface area contributed by atoms with Crippen LogP contribution in [0, 0.1) is 23.6 Å². The Morgan fingerprint density at radius 3 is 2.54 bits per heavy atom. The molecule has 3 heterocycles. The Bertz CT molecular complexity index is 686. The van der Waals surface area contributed by atoms with Gasteiger partial charge in [-0.3, -0.25) is 4.79 Å². The van der Waals surface area contributed by atoms with Gasteiger partial charge in [-0.05, 0) is 36.8 Å². The average Bonchev–Trinajstić information content (AvgIpc) is 3.25. The van der Waals surface area contributed by atoms with Gasteiger partial charge in [-0.25, -0.2) is 9.18 Å². The predicted molar refractivity (Wildman–Crippen MR) is 96.1 cm³/mol. The molecule has 26 heavy (non-hydrogen) atoms. The maximum Gasteiger partial charge on any atom is 0.321 e. The Hall–Kier alpha value is -2.15. The predicted octanol–water partition coefficient (Wildman–Crippen LogP) is 1.75. The summed E-state index contributed by atoms with van der Waals surface area (Å²) in [6, 6.07) is 5.78. The summed E-state index contributed by atoms with van der Waals surface area (Å²) in [6.07, 6.45) is 1.61. The Kier molecular flexibility index (Phi) is 4.80. The monoisotopic (exact) mass is 360 g/mol. The number of para-hydroxylation sites is 1. The summed E-state index contributed by atoms with van der Waals surface area (Å²) in [6.45, 7) is 4.65. The minimum absolute atomic E-state index is 0.151. The molecule has 3 atom stereocenters. The summed E-state index contributed by atoms with van der Waals surface area (Å²) in [7, 11) is 0. The van der Waals surface area contributed by atoms with Gasteiger partial charge in [0.1, 0.15) is 5.82 Å². The summed E-state index contributed by atoms with van der Waals surface area (Å²) < 4.78 is 13.7. The quantitative estimate of drug-likeness (QED) is 0.845. The van der Waals surface area contributed by atoms with E-state index < -0.39 is 5.82 Å². The molecule has 1 unspecified atom stereocenters. The first-order valence-electron chi connectivity index (χ1n) is 9.42. The zero-order valence-corrected chi connectivity index (χ0v) is 14.8. The molecule has 0 saturated carbocycles. The summed E-state index contributed by atoms with van der Waals surface area (Å²) in [5, 5.41) is 6.00. The van der Waals surface area contributed by atoms with E-state index in [9.17, 15) is 14.0 Å². The number of benzene rings is 1. The van der Waals surface area contributed by atoms with Crippen molar-refractivity contribution in [2.24, 2.45) is 17.8 Å². The minimum atomic E-state index is -0.456. The molecule has 0 radical (unpaired) electrons. The molecule has 1 aromatic carbocycles. The number of halogens is 1. The van der Waals surface area contributed by atoms with E-state index in [-0.39, 0.29) is 23.5 Å². The molecule has 3 aliphatic heterocycles. The molecule has 0 spiro atoms. The van der Waals surface area contributed by atoms with E-state index in [1.807, 2.05) is 4.90 Å². The number of hydrogen-bond donors (Lipinski definition) is 2. The standard InChI is InChI=1S/C19H25FN4O2/c20-16-5-1-2-6-17(16)22-19(26)23-7-3-4-13(10-23)18(25)24-11-14-8-21-9-15(14)12-24/h1-2,5-6,13-15,21H,3-4,7-12H2,(H,22,26)/t13?,14-,15+. The topological polar surface area (TPSA) is 64.7 Å². The second-order valence-corrected chi connectivity index (χ2v) is 7.62. The van der Waals surface area contributed by atoms with E-state index >= 15 is 0 Å². The summed E-state index contributed by atoms with van der Waals surface area (Å²) in [5.74, 6) is 0.707. The number of urea groups is 1. The molecular formula is C19H25FN4O2. The van der Waals surface area contributed by atoms with Crippen LogP contribution >= 0.6 is 0 Å². The third-order valence-electron chi connectivity index (χ3n) is 5.87. The molecule has 3 saturated heterocycles. The van der Waals surface area contributed by atoms with Crippen molar-refractivity contribution >= 4 is 17.6 Å². The maximum absolute atomic E-state index is 13.7. The Morgan fingerprint density at radius 1 is 1.08 bits per heavy atom. The minimum Gasteiger partial charge on any atom is -0.342 e. The first-order chi connectivity index (χ1) is 12.6. The number of likely N-dealkylation sites (tertiary alicyclic amines) is 2. The molecule has 3 aliphatic rings. The molecule has 2 N–H and O–H groups in total. The van der Waals surface area contributed by atoms with Crippen LogP contribution in [0.25, 0.3) is 0 Å². The highest BCUT2D eigenvalue weighted by Crippen LogP contribution is 2.29. The van der Waals surface area contributed by atoms with E-state index in [2.05, 4.69) is 10.6 Å². The first kappa shape index (κ1) is 17.3. The summed E-state index contributed by atoms with van der Waals surface area (Å²) in [4.78, 5) is 29.0. The van der Waals surface area contributed by atoms with Gasteiger partial charge in [-0.15, -0.1) is 0 Å². The van der Waals surface area contributed by atoms with Crippen LogP contribution in [0.1, 0.15) is 12.8 Å². The molecule has 140 valence electrons. The van der Waals surface area contributed by atoms with E-state index in [4.69, 9.17) is 0 Å². The zero-order chi connectivity index (χ0) is 18.1. The highest BCUT2D eigenvalue weighted by Gasteiger charge is 2.40. The number of nitrogens with one attached hydrogen (secondary N) is 2. The fraction of sp³-hybridized carbons (Fsp3) is 0.579. The smallest absolute Gasteiger partial charge is 0.321 e. The molecule has 3 amide bonds. The maximum atomic E-state index is 13.7. The normalized spacial score (nSPS) is 28.1. The highest BCUT2D eigenvalue weighted by molar-refractivity contribution is 5.90. The fourth-order valence-corrected chi connectivity index (χ4v) is 4.41. The van der Waals surface area contributed by atoms with Crippen LogP contribution in [0.15, 0.2) is 24.3 Å². The van der Waals surface area contributed by atoms with Gasteiger partial charge in [0.2, 0.25) is 5.91 Å². The Balaban J connectivity index is 1.36. The van der Waals surface area contributed by atoms with Gasteiger partial charge in [0.25, 0.3) is 0 Å². The molecule has 7 heteroatoms. The van der Waals surface area contributed by atoms with Gasteiger partial charge in [-0.1, -0.05) is 12.1 Å². The van der Waals surface area contributed by atoms with E-state index in [0.717, 1.165) is 39.0 Å². The van der Waals surface area contributed by atoms with Crippen LogP contribution in [0.3, 0.4) is 0 Å². The van der Waals surface area contributed by atoms with Crippen molar-refractivity contribution in [3.8, 4) is 0 Å². The number of nitrogens with zero attached hydrogens (tertiary/aromatic N) is 2. The largest absolute Gasteiger partial charge is 0.342 e.